The highest BCUT2D eigenvalue weighted by molar-refractivity contribution is 5.39. The Morgan fingerprint density at radius 2 is 1.58 bits per heavy atom. The van der Waals surface area contributed by atoms with E-state index < -0.39 is 0 Å². The summed E-state index contributed by atoms with van der Waals surface area (Å²) in [6.45, 7) is 2.89. The predicted molar refractivity (Wildman–Crippen MR) is 77.3 cm³/mol. The fourth-order valence-electron chi connectivity index (χ4n) is 1.97. The van der Waals surface area contributed by atoms with E-state index in [1.54, 1.807) is 12.1 Å². The third kappa shape index (κ3) is 4.38. The van der Waals surface area contributed by atoms with E-state index in [1.165, 1.54) is 17.7 Å². The average molecular weight is 258 g/mol. The lowest BCUT2D eigenvalue weighted by molar-refractivity contribution is 0.544. The molecule has 0 radical (unpaired) electrons. The number of halogens is 1. The molecular weight excluding hydrogens is 239 g/mol. The largest absolute Gasteiger partial charge is 0.399 e. The zero-order chi connectivity index (χ0) is 13.7. The second kappa shape index (κ2) is 6.34. The van der Waals surface area contributed by atoms with Crippen LogP contribution in [0.3, 0.4) is 0 Å². The van der Waals surface area contributed by atoms with Gasteiger partial charge in [-0.1, -0.05) is 24.3 Å². The molecule has 0 aliphatic rings. The Morgan fingerprint density at radius 1 is 1.00 bits per heavy atom. The van der Waals surface area contributed by atoms with Crippen LogP contribution in [-0.4, -0.2) is 6.04 Å². The van der Waals surface area contributed by atoms with Gasteiger partial charge in [0.05, 0.1) is 0 Å². The molecule has 2 aromatic rings. The molecule has 2 aromatic carbocycles. The SMILES string of the molecule is CC(Cc1ccc(N)cc1)NCc1ccc(F)cc1. The lowest BCUT2D eigenvalue weighted by Gasteiger charge is -2.14. The first-order valence-corrected chi connectivity index (χ1v) is 6.46. The van der Waals surface area contributed by atoms with Crippen molar-refractivity contribution in [2.75, 3.05) is 5.73 Å². The van der Waals surface area contributed by atoms with Gasteiger partial charge in [-0.2, -0.15) is 0 Å². The van der Waals surface area contributed by atoms with Crippen molar-refractivity contribution in [2.24, 2.45) is 0 Å². The first-order chi connectivity index (χ1) is 9.13. The molecule has 1 atom stereocenters. The lowest BCUT2D eigenvalue weighted by Crippen LogP contribution is -2.27. The molecule has 0 bridgehead atoms. The van der Waals surface area contributed by atoms with Crippen LogP contribution in [0.25, 0.3) is 0 Å². The molecule has 100 valence electrons. The summed E-state index contributed by atoms with van der Waals surface area (Å²) in [6, 6.07) is 14.9. The summed E-state index contributed by atoms with van der Waals surface area (Å²) in [4.78, 5) is 0. The van der Waals surface area contributed by atoms with Crippen molar-refractivity contribution in [2.45, 2.75) is 25.9 Å². The van der Waals surface area contributed by atoms with E-state index in [2.05, 4.69) is 12.2 Å². The summed E-state index contributed by atoms with van der Waals surface area (Å²) in [5.41, 5.74) is 8.79. The van der Waals surface area contributed by atoms with Gasteiger partial charge in [0.1, 0.15) is 5.82 Å². The molecule has 0 aliphatic heterocycles. The number of nitrogens with two attached hydrogens (primary N) is 1. The Kier molecular flexibility index (Phi) is 4.53. The van der Waals surface area contributed by atoms with Gasteiger partial charge in [-0.25, -0.2) is 4.39 Å². The second-order valence-corrected chi connectivity index (χ2v) is 4.85. The Morgan fingerprint density at radius 3 is 2.21 bits per heavy atom. The van der Waals surface area contributed by atoms with Crippen LogP contribution in [0, 0.1) is 5.82 Å². The van der Waals surface area contributed by atoms with E-state index in [1.807, 2.05) is 24.3 Å². The summed E-state index contributed by atoms with van der Waals surface area (Å²) >= 11 is 0. The molecule has 0 fully saturated rings. The molecule has 0 spiro atoms. The minimum Gasteiger partial charge on any atom is -0.399 e. The van der Waals surface area contributed by atoms with E-state index in [4.69, 9.17) is 5.73 Å². The first kappa shape index (κ1) is 13.6. The maximum Gasteiger partial charge on any atom is 0.123 e. The van der Waals surface area contributed by atoms with E-state index in [9.17, 15) is 4.39 Å². The van der Waals surface area contributed by atoms with Crippen molar-refractivity contribution in [3.05, 3.63) is 65.5 Å². The van der Waals surface area contributed by atoms with Crippen LogP contribution in [0.4, 0.5) is 10.1 Å². The highest BCUT2D eigenvalue weighted by Crippen LogP contribution is 2.08. The molecule has 3 heteroatoms. The Balaban J connectivity index is 1.82. The number of nitrogen functional groups attached to an aromatic ring is 1. The molecule has 0 aliphatic carbocycles. The van der Waals surface area contributed by atoms with Gasteiger partial charge in [0.15, 0.2) is 0 Å². The van der Waals surface area contributed by atoms with Gasteiger partial charge in [0.2, 0.25) is 0 Å². The third-order valence-corrected chi connectivity index (χ3v) is 3.09. The van der Waals surface area contributed by atoms with Crippen LogP contribution in [-0.2, 0) is 13.0 Å². The number of hydrogen-bond donors (Lipinski definition) is 2. The fraction of sp³-hybridized carbons (Fsp3) is 0.250. The number of nitrogens with one attached hydrogen (secondary N) is 1. The Bertz CT molecular complexity index is 505. The zero-order valence-corrected chi connectivity index (χ0v) is 11.1. The molecular formula is C16H19FN2. The van der Waals surface area contributed by atoms with E-state index in [0.717, 1.165) is 24.2 Å². The summed E-state index contributed by atoms with van der Waals surface area (Å²) in [7, 11) is 0. The smallest absolute Gasteiger partial charge is 0.123 e. The first-order valence-electron chi connectivity index (χ1n) is 6.46. The van der Waals surface area contributed by atoms with Crippen molar-refractivity contribution < 1.29 is 4.39 Å². The molecule has 0 aromatic heterocycles. The molecule has 19 heavy (non-hydrogen) atoms. The Hall–Kier alpha value is -1.87. The average Bonchev–Trinajstić information content (AvgIpc) is 2.41. The Labute approximate surface area is 113 Å². The number of anilines is 1. The van der Waals surface area contributed by atoms with Crippen molar-refractivity contribution in [1.82, 2.24) is 5.32 Å². The normalized spacial score (nSPS) is 12.3. The second-order valence-electron chi connectivity index (χ2n) is 4.85. The topological polar surface area (TPSA) is 38.0 Å². The van der Waals surface area contributed by atoms with Crippen LogP contribution in [0.1, 0.15) is 18.1 Å². The van der Waals surface area contributed by atoms with Crippen LogP contribution in [0.5, 0.6) is 0 Å². The van der Waals surface area contributed by atoms with E-state index in [-0.39, 0.29) is 5.82 Å². The summed E-state index contributed by atoms with van der Waals surface area (Å²) in [5, 5.41) is 3.43. The maximum atomic E-state index is 12.8. The summed E-state index contributed by atoms with van der Waals surface area (Å²) in [5.74, 6) is -0.196. The van der Waals surface area contributed by atoms with Crippen molar-refractivity contribution >= 4 is 5.69 Å². The maximum absolute atomic E-state index is 12.8. The highest BCUT2D eigenvalue weighted by atomic mass is 19.1. The van der Waals surface area contributed by atoms with Crippen molar-refractivity contribution in [3.63, 3.8) is 0 Å². The molecule has 3 N–H and O–H groups in total. The van der Waals surface area contributed by atoms with Gasteiger partial charge in [-0.3, -0.25) is 0 Å². The molecule has 0 saturated heterocycles. The van der Waals surface area contributed by atoms with Crippen LogP contribution in [0.15, 0.2) is 48.5 Å². The molecule has 2 rings (SSSR count). The minimum atomic E-state index is -0.196. The highest BCUT2D eigenvalue weighted by Gasteiger charge is 2.03. The predicted octanol–water partition coefficient (Wildman–Crippen LogP) is 3.13. The number of benzene rings is 2. The van der Waals surface area contributed by atoms with E-state index >= 15 is 0 Å². The molecule has 2 nitrogen and oxygen atoms in total. The molecule has 0 amide bonds. The summed E-state index contributed by atoms with van der Waals surface area (Å²) in [6.07, 6.45) is 0.946. The van der Waals surface area contributed by atoms with Crippen molar-refractivity contribution in [3.8, 4) is 0 Å². The summed E-state index contributed by atoms with van der Waals surface area (Å²) < 4.78 is 12.8. The minimum absolute atomic E-state index is 0.196. The van der Waals surface area contributed by atoms with E-state index in [0.29, 0.717) is 6.04 Å². The van der Waals surface area contributed by atoms with Gasteiger partial charge in [0, 0.05) is 18.3 Å². The van der Waals surface area contributed by atoms with Gasteiger partial charge in [-0.05, 0) is 48.7 Å². The van der Waals surface area contributed by atoms with Gasteiger partial charge < -0.3 is 11.1 Å². The van der Waals surface area contributed by atoms with Crippen LogP contribution >= 0.6 is 0 Å². The molecule has 1 unspecified atom stereocenters. The number of rotatable bonds is 5. The monoisotopic (exact) mass is 258 g/mol. The third-order valence-electron chi connectivity index (χ3n) is 3.09. The quantitative estimate of drug-likeness (QED) is 0.809. The zero-order valence-electron chi connectivity index (χ0n) is 11.1. The van der Waals surface area contributed by atoms with Gasteiger partial charge in [-0.15, -0.1) is 0 Å². The standard InChI is InChI=1S/C16H19FN2/c1-12(10-13-4-8-16(18)9-5-13)19-11-14-2-6-15(17)7-3-14/h2-9,12,19H,10-11,18H2,1H3. The molecule has 0 heterocycles. The van der Waals surface area contributed by atoms with Crippen LogP contribution in [0.2, 0.25) is 0 Å². The number of hydrogen-bond acceptors (Lipinski definition) is 2. The van der Waals surface area contributed by atoms with Crippen LogP contribution < -0.4 is 11.1 Å². The molecule has 0 saturated carbocycles. The van der Waals surface area contributed by atoms with Gasteiger partial charge in [0.25, 0.3) is 0 Å². The fourth-order valence-corrected chi connectivity index (χ4v) is 1.97. The van der Waals surface area contributed by atoms with Gasteiger partial charge >= 0.3 is 0 Å². The lowest BCUT2D eigenvalue weighted by atomic mass is 10.1. The van der Waals surface area contributed by atoms with Crippen molar-refractivity contribution in [1.29, 1.82) is 0 Å².